The third-order valence-electron chi connectivity index (χ3n) is 2.54. The van der Waals surface area contributed by atoms with E-state index in [1.54, 1.807) is 24.3 Å². The van der Waals surface area contributed by atoms with E-state index in [1.807, 2.05) is 0 Å². The van der Waals surface area contributed by atoms with Crippen LogP contribution in [0.1, 0.15) is 11.1 Å². The van der Waals surface area contributed by atoms with Gasteiger partial charge in [0.1, 0.15) is 5.76 Å². The molecule has 0 saturated carbocycles. The highest BCUT2D eigenvalue weighted by Crippen LogP contribution is 2.35. The highest BCUT2D eigenvalue weighted by molar-refractivity contribution is 5.99. The predicted molar refractivity (Wildman–Crippen MR) is 56.2 cm³/mol. The van der Waals surface area contributed by atoms with Crippen molar-refractivity contribution < 1.29 is 23.0 Å². The molecule has 1 aromatic rings. The van der Waals surface area contributed by atoms with Gasteiger partial charge < -0.3 is 9.47 Å². The van der Waals surface area contributed by atoms with Crippen molar-refractivity contribution in [2.24, 2.45) is 0 Å². The minimum absolute atomic E-state index is 0.0811. The van der Waals surface area contributed by atoms with Crippen molar-refractivity contribution >= 4 is 11.7 Å². The van der Waals surface area contributed by atoms with E-state index in [9.17, 15) is 13.6 Å². The number of esters is 1. The molecule has 1 aliphatic carbocycles. The summed E-state index contributed by atoms with van der Waals surface area (Å²) in [5.74, 6) is -0.723. The predicted octanol–water partition coefficient (Wildman–Crippen LogP) is 2.37. The van der Waals surface area contributed by atoms with Crippen LogP contribution in [0.5, 0.6) is 0 Å². The molecule has 0 fully saturated rings. The molecule has 3 nitrogen and oxygen atoms in total. The van der Waals surface area contributed by atoms with E-state index in [0.29, 0.717) is 5.56 Å². The molecule has 0 unspecified atom stereocenters. The number of alkyl halides is 2. The lowest BCUT2D eigenvalue weighted by Crippen LogP contribution is -2.08. The fourth-order valence-electron chi connectivity index (χ4n) is 1.84. The van der Waals surface area contributed by atoms with Crippen LogP contribution < -0.4 is 0 Å². The van der Waals surface area contributed by atoms with E-state index in [1.165, 1.54) is 7.11 Å². The number of hydrogen-bond donors (Lipinski definition) is 0. The summed E-state index contributed by atoms with van der Waals surface area (Å²) in [7, 11) is 1.21. The lowest BCUT2D eigenvalue weighted by atomic mass is 10.1. The maximum Gasteiger partial charge on any atom is 0.387 e. The summed E-state index contributed by atoms with van der Waals surface area (Å²) in [4.78, 5) is 11.5. The number of ether oxygens (including phenoxy) is 2. The van der Waals surface area contributed by atoms with Gasteiger partial charge in [0, 0.05) is 12.0 Å². The topological polar surface area (TPSA) is 35.5 Å². The Kier molecular flexibility index (Phi) is 3.08. The molecule has 1 aromatic carbocycles. The average molecular weight is 240 g/mol. The van der Waals surface area contributed by atoms with Crippen LogP contribution in [-0.4, -0.2) is 19.7 Å². The lowest BCUT2D eigenvalue weighted by molar-refractivity contribution is -0.136. The molecule has 0 aromatic heterocycles. The van der Waals surface area contributed by atoms with Crippen LogP contribution in [0.15, 0.2) is 29.8 Å². The minimum Gasteiger partial charge on any atom is -0.466 e. The maximum absolute atomic E-state index is 12.3. The number of rotatable bonds is 3. The Morgan fingerprint density at radius 1 is 1.35 bits per heavy atom. The molecule has 0 radical (unpaired) electrons. The molecule has 0 atom stereocenters. The van der Waals surface area contributed by atoms with Gasteiger partial charge >= 0.3 is 12.6 Å². The molecule has 0 spiro atoms. The zero-order valence-corrected chi connectivity index (χ0v) is 9.07. The first-order chi connectivity index (χ1) is 8.13. The van der Waals surface area contributed by atoms with E-state index in [2.05, 4.69) is 9.47 Å². The van der Waals surface area contributed by atoms with Crippen molar-refractivity contribution in [2.45, 2.75) is 13.0 Å². The van der Waals surface area contributed by atoms with E-state index >= 15 is 0 Å². The number of methoxy groups -OCH3 is 1. The number of fused-ring (bicyclic) bond motifs is 1. The van der Waals surface area contributed by atoms with Crippen LogP contribution in [-0.2, 0) is 20.7 Å². The SMILES string of the molecule is COC(=O)C1=C(OC(F)F)c2ccccc2C1. The molecule has 0 bridgehead atoms. The fourth-order valence-corrected chi connectivity index (χ4v) is 1.84. The van der Waals surface area contributed by atoms with Gasteiger partial charge in [0.15, 0.2) is 0 Å². The number of carbonyl (C=O) groups is 1. The first kappa shape index (κ1) is 11.6. The van der Waals surface area contributed by atoms with Gasteiger partial charge in [-0.3, -0.25) is 0 Å². The summed E-state index contributed by atoms with van der Waals surface area (Å²) in [6.45, 7) is -2.96. The number of benzene rings is 1. The van der Waals surface area contributed by atoms with Gasteiger partial charge in [-0.05, 0) is 5.56 Å². The molecule has 0 saturated heterocycles. The molecule has 90 valence electrons. The standard InChI is InChI=1S/C12H10F2O3/c1-16-11(15)9-6-7-4-2-3-5-8(7)10(9)17-12(13)14/h2-5,12H,6H2,1H3. The fraction of sp³-hybridized carbons (Fsp3) is 0.250. The molecule has 17 heavy (non-hydrogen) atoms. The Balaban J connectivity index is 2.43. The van der Waals surface area contributed by atoms with E-state index in [0.717, 1.165) is 5.56 Å². The quantitative estimate of drug-likeness (QED) is 0.761. The molecule has 0 amide bonds. The maximum atomic E-state index is 12.3. The van der Waals surface area contributed by atoms with Crippen LogP contribution in [0.3, 0.4) is 0 Å². The van der Waals surface area contributed by atoms with Gasteiger partial charge in [-0.25, -0.2) is 4.79 Å². The minimum atomic E-state index is -2.96. The number of carbonyl (C=O) groups excluding carboxylic acids is 1. The van der Waals surface area contributed by atoms with Gasteiger partial charge in [0.2, 0.25) is 0 Å². The molecular formula is C12H10F2O3. The first-order valence-electron chi connectivity index (χ1n) is 4.98. The van der Waals surface area contributed by atoms with E-state index in [4.69, 9.17) is 0 Å². The Bertz CT molecular complexity index is 480. The summed E-state index contributed by atoms with van der Waals surface area (Å²) in [6, 6.07) is 6.88. The summed E-state index contributed by atoms with van der Waals surface area (Å²) in [6.07, 6.45) is 0.255. The van der Waals surface area contributed by atoms with Gasteiger partial charge in [0.25, 0.3) is 0 Å². The Morgan fingerprint density at radius 2 is 2.06 bits per heavy atom. The number of hydrogen-bond acceptors (Lipinski definition) is 3. The van der Waals surface area contributed by atoms with Crippen molar-refractivity contribution in [1.29, 1.82) is 0 Å². The van der Waals surface area contributed by atoms with E-state index < -0.39 is 12.6 Å². The van der Waals surface area contributed by atoms with Crippen LogP contribution in [0.2, 0.25) is 0 Å². The monoisotopic (exact) mass is 240 g/mol. The summed E-state index contributed by atoms with van der Waals surface area (Å²) in [5, 5.41) is 0. The molecule has 0 aliphatic heterocycles. The Labute approximate surface area is 96.6 Å². The highest BCUT2D eigenvalue weighted by atomic mass is 19.3. The molecule has 0 N–H and O–H groups in total. The molecule has 2 rings (SSSR count). The van der Waals surface area contributed by atoms with Crippen LogP contribution >= 0.6 is 0 Å². The van der Waals surface area contributed by atoms with Crippen LogP contribution in [0.25, 0.3) is 5.76 Å². The van der Waals surface area contributed by atoms with Crippen molar-refractivity contribution in [1.82, 2.24) is 0 Å². The van der Waals surface area contributed by atoms with Gasteiger partial charge in [0.05, 0.1) is 12.7 Å². The molecule has 0 heterocycles. The largest absolute Gasteiger partial charge is 0.466 e. The van der Waals surface area contributed by atoms with Crippen LogP contribution in [0.4, 0.5) is 8.78 Å². The first-order valence-corrected chi connectivity index (χ1v) is 4.98. The van der Waals surface area contributed by atoms with E-state index in [-0.39, 0.29) is 17.8 Å². The second kappa shape index (κ2) is 4.53. The molecule has 1 aliphatic rings. The Hall–Kier alpha value is -1.91. The lowest BCUT2D eigenvalue weighted by Gasteiger charge is -2.08. The zero-order valence-electron chi connectivity index (χ0n) is 9.07. The summed E-state index contributed by atoms with van der Waals surface area (Å²) in [5.41, 5.74) is 1.44. The van der Waals surface area contributed by atoms with Gasteiger partial charge in [-0.15, -0.1) is 0 Å². The van der Waals surface area contributed by atoms with Gasteiger partial charge in [-0.2, -0.15) is 8.78 Å². The third-order valence-corrected chi connectivity index (χ3v) is 2.54. The smallest absolute Gasteiger partial charge is 0.387 e. The third kappa shape index (κ3) is 2.13. The van der Waals surface area contributed by atoms with Crippen molar-refractivity contribution in [2.75, 3.05) is 7.11 Å². The summed E-state index contributed by atoms with van der Waals surface area (Å²) >= 11 is 0. The highest BCUT2D eigenvalue weighted by Gasteiger charge is 2.29. The van der Waals surface area contributed by atoms with Crippen LogP contribution in [0, 0.1) is 0 Å². The second-order valence-electron chi connectivity index (χ2n) is 3.51. The second-order valence-corrected chi connectivity index (χ2v) is 3.51. The Morgan fingerprint density at radius 3 is 2.71 bits per heavy atom. The normalized spacial score (nSPS) is 13.9. The molecular weight excluding hydrogens is 230 g/mol. The van der Waals surface area contributed by atoms with Gasteiger partial charge in [-0.1, -0.05) is 24.3 Å². The average Bonchev–Trinajstić information content (AvgIpc) is 2.67. The summed E-state index contributed by atoms with van der Waals surface area (Å²) < 4.78 is 33.6. The van der Waals surface area contributed by atoms with Crippen molar-refractivity contribution in [3.8, 4) is 0 Å². The van der Waals surface area contributed by atoms with Crippen molar-refractivity contribution in [3.05, 3.63) is 41.0 Å². The zero-order chi connectivity index (χ0) is 12.4. The van der Waals surface area contributed by atoms with Crippen molar-refractivity contribution in [3.63, 3.8) is 0 Å². The molecule has 5 heteroatoms. The number of halogens is 2.